The van der Waals surface area contributed by atoms with Crippen LogP contribution in [-0.4, -0.2) is 12.5 Å². The lowest BCUT2D eigenvalue weighted by atomic mass is 10.0. The van der Waals surface area contributed by atoms with Crippen molar-refractivity contribution in [2.45, 2.75) is 26.7 Å². The second-order valence-electron chi connectivity index (χ2n) is 4.38. The standard InChI is InChI=1S/C13H20N2O/c1-10(2)9-11-3-5-12(6-4-11)15-13(16)7-8-14/h3-6,10H,7-9,14H2,1-2H3,(H,15,16). The van der Waals surface area contributed by atoms with E-state index in [1.807, 2.05) is 12.1 Å². The van der Waals surface area contributed by atoms with Crippen LogP contribution in [-0.2, 0) is 11.2 Å². The Bertz CT molecular complexity index is 330. The van der Waals surface area contributed by atoms with Crippen LogP contribution in [0.1, 0.15) is 25.8 Å². The third kappa shape index (κ3) is 4.45. The summed E-state index contributed by atoms with van der Waals surface area (Å²) in [6.45, 7) is 4.77. The van der Waals surface area contributed by atoms with Crippen molar-refractivity contribution in [2.75, 3.05) is 11.9 Å². The monoisotopic (exact) mass is 220 g/mol. The number of benzene rings is 1. The summed E-state index contributed by atoms with van der Waals surface area (Å²) in [6.07, 6.45) is 1.44. The van der Waals surface area contributed by atoms with Crippen molar-refractivity contribution in [1.82, 2.24) is 0 Å². The number of carbonyl (C=O) groups is 1. The molecule has 0 aliphatic rings. The normalized spacial score (nSPS) is 10.5. The van der Waals surface area contributed by atoms with Crippen LogP contribution in [0.15, 0.2) is 24.3 Å². The lowest BCUT2D eigenvalue weighted by Gasteiger charge is -2.07. The second-order valence-corrected chi connectivity index (χ2v) is 4.38. The Morgan fingerprint density at radius 1 is 1.31 bits per heavy atom. The van der Waals surface area contributed by atoms with E-state index < -0.39 is 0 Å². The van der Waals surface area contributed by atoms with E-state index in [0.717, 1.165) is 12.1 Å². The number of nitrogens with two attached hydrogens (primary N) is 1. The average Bonchev–Trinajstić information content (AvgIpc) is 2.20. The molecule has 1 aromatic carbocycles. The van der Waals surface area contributed by atoms with Crippen molar-refractivity contribution < 1.29 is 4.79 Å². The molecule has 0 heterocycles. The Morgan fingerprint density at radius 2 is 1.94 bits per heavy atom. The molecule has 0 atom stereocenters. The van der Waals surface area contributed by atoms with E-state index in [2.05, 4.69) is 31.3 Å². The molecule has 1 aromatic rings. The topological polar surface area (TPSA) is 55.1 Å². The van der Waals surface area contributed by atoms with Gasteiger partial charge in [-0.05, 0) is 30.0 Å². The maximum Gasteiger partial charge on any atom is 0.225 e. The molecule has 88 valence electrons. The number of nitrogens with one attached hydrogen (secondary N) is 1. The van der Waals surface area contributed by atoms with Gasteiger partial charge >= 0.3 is 0 Å². The zero-order valence-electron chi connectivity index (χ0n) is 9.99. The van der Waals surface area contributed by atoms with Gasteiger partial charge in [0.2, 0.25) is 5.91 Å². The highest BCUT2D eigenvalue weighted by Gasteiger charge is 2.01. The quantitative estimate of drug-likeness (QED) is 0.799. The number of amides is 1. The van der Waals surface area contributed by atoms with Gasteiger partial charge in [0.1, 0.15) is 0 Å². The number of rotatable bonds is 5. The van der Waals surface area contributed by atoms with Crippen molar-refractivity contribution in [3.63, 3.8) is 0 Å². The van der Waals surface area contributed by atoms with Gasteiger partial charge in [-0.2, -0.15) is 0 Å². The predicted octanol–water partition coefficient (Wildman–Crippen LogP) is 2.17. The molecular weight excluding hydrogens is 200 g/mol. The SMILES string of the molecule is CC(C)Cc1ccc(NC(=O)CCN)cc1. The molecule has 0 unspecified atom stereocenters. The molecule has 0 aromatic heterocycles. The molecule has 3 nitrogen and oxygen atoms in total. The first-order chi connectivity index (χ1) is 7.61. The van der Waals surface area contributed by atoms with Crippen molar-refractivity contribution in [2.24, 2.45) is 11.7 Å². The minimum absolute atomic E-state index is 0.0286. The summed E-state index contributed by atoms with van der Waals surface area (Å²) < 4.78 is 0. The molecule has 0 radical (unpaired) electrons. The Kier molecular flexibility index (Phi) is 4.99. The van der Waals surface area contributed by atoms with E-state index in [9.17, 15) is 4.79 Å². The maximum absolute atomic E-state index is 11.3. The molecule has 0 spiro atoms. The number of hydrogen-bond acceptors (Lipinski definition) is 2. The summed E-state index contributed by atoms with van der Waals surface area (Å²) in [6, 6.07) is 7.98. The lowest BCUT2D eigenvalue weighted by molar-refractivity contribution is -0.116. The molecule has 0 fully saturated rings. The lowest BCUT2D eigenvalue weighted by Crippen LogP contribution is -2.16. The molecule has 1 rings (SSSR count). The van der Waals surface area contributed by atoms with Crippen molar-refractivity contribution in [3.8, 4) is 0 Å². The Hall–Kier alpha value is -1.35. The minimum atomic E-state index is -0.0286. The first-order valence-corrected chi connectivity index (χ1v) is 5.70. The maximum atomic E-state index is 11.3. The largest absolute Gasteiger partial charge is 0.330 e. The van der Waals surface area contributed by atoms with Gasteiger partial charge in [-0.15, -0.1) is 0 Å². The third-order valence-electron chi connectivity index (χ3n) is 2.25. The zero-order valence-corrected chi connectivity index (χ0v) is 9.99. The van der Waals surface area contributed by atoms with Gasteiger partial charge in [-0.1, -0.05) is 26.0 Å². The van der Waals surface area contributed by atoms with Gasteiger partial charge in [0.25, 0.3) is 0 Å². The van der Waals surface area contributed by atoms with Crippen molar-refractivity contribution in [1.29, 1.82) is 0 Å². The highest BCUT2D eigenvalue weighted by atomic mass is 16.1. The van der Waals surface area contributed by atoms with E-state index in [-0.39, 0.29) is 5.91 Å². The van der Waals surface area contributed by atoms with Gasteiger partial charge in [0, 0.05) is 18.7 Å². The van der Waals surface area contributed by atoms with Gasteiger partial charge < -0.3 is 11.1 Å². The van der Waals surface area contributed by atoms with Crippen LogP contribution in [0.25, 0.3) is 0 Å². The summed E-state index contributed by atoms with van der Waals surface area (Å²) in [5, 5.41) is 2.80. The smallest absolute Gasteiger partial charge is 0.225 e. The predicted molar refractivity (Wildman–Crippen MR) is 67.3 cm³/mol. The Morgan fingerprint density at radius 3 is 2.44 bits per heavy atom. The molecule has 0 bridgehead atoms. The van der Waals surface area contributed by atoms with Crippen LogP contribution in [0.4, 0.5) is 5.69 Å². The van der Waals surface area contributed by atoms with Crippen LogP contribution < -0.4 is 11.1 Å². The molecule has 0 saturated heterocycles. The van der Waals surface area contributed by atoms with Gasteiger partial charge in [-0.3, -0.25) is 4.79 Å². The fraction of sp³-hybridized carbons (Fsp3) is 0.462. The molecule has 0 saturated carbocycles. The molecule has 3 heteroatoms. The van der Waals surface area contributed by atoms with E-state index >= 15 is 0 Å². The van der Waals surface area contributed by atoms with Gasteiger partial charge in [0.05, 0.1) is 0 Å². The van der Waals surface area contributed by atoms with Crippen LogP contribution in [0.2, 0.25) is 0 Å². The number of hydrogen-bond donors (Lipinski definition) is 2. The summed E-state index contributed by atoms with van der Waals surface area (Å²) in [4.78, 5) is 11.3. The molecule has 0 aliphatic heterocycles. The van der Waals surface area contributed by atoms with E-state index in [1.54, 1.807) is 0 Å². The molecule has 16 heavy (non-hydrogen) atoms. The van der Waals surface area contributed by atoms with Crippen LogP contribution in [0.5, 0.6) is 0 Å². The number of carbonyl (C=O) groups excluding carboxylic acids is 1. The number of anilines is 1. The van der Waals surface area contributed by atoms with Crippen molar-refractivity contribution in [3.05, 3.63) is 29.8 Å². The molecular formula is C13H20N2O. The summed E-state index contributed by atoms with van der Waals surface area (Å²) in [7, 11) is 0. The first kappa shape index (κ1) is 12.7. The minimum Gasteiger partial charge on any atom is -0.330 e. The molecule has 0 aliphatic carbocycles. The highest BCUT2D eigenvalue weighted by molar-refractivity contribution is 5.90. The average molecular weight is 220 g/mol. The fourth-order valence-corrected chi connectivity index (χ4v) is 1.55. The first-order valence-electron chi connectivity index (χ1n) is 5.70. The van der Waals surface area contributed by atoms with E-state index in [4.69, 9.17) is 5.73 Å². The van der Waals surface area contributed by atoms with Crippen LogP contribution in [0, 0.1) is 5.92 Å². The summed E-state index contributed by atoms with van der Waals surface area (Å²) in [5.41, 5.74) is 7.44. The molecule has 3 N–H and O–H groups in total. The van der Waals surface area contributed by atoms with Crippen molar-refractivity contribution >= 4 is 11.6 Å². The fourth-order valence-electron chi connectivity index (χ4n) is 1.55. The third-order valence-corrected chi connectivity index (χ3v) is 2.25. The van der Waals surface area contributed by atoms with Gasteiger partial charge in [-0.25, -0.2) is 0 Å². The summed E-state index contributed by atoms with van der Waals surface area (Å²) >= 11 is 0. The van der Waals surface area contributed by atoms with Crippen LogP contribution in [0.3, 0.4) is 0 Å². The Labute approximate surface area is 97.0 Å². The Balaban J connectivity index is 2.54. The zero-order chi connectivity index (χ0) is 12.0. The van der Waals surface area contributed by atoms with Crippen LogP contribution >= 0.6 is 0 Å². The second kappa shape index (κ2) is 6.28. The van der Waals surface area contributed by atoms with Gasteiger partial charge in [0.15, 0.2) is 0 Å². The molecule has 1 amide bonds. The summed E-state index contributed by atoms with van der Waals surface area (Å²) in [5.74, 6) is 0.622. The van der Waals surface area contributed by atoms with E-state index in [1.165, 1.54) is 5.56 Å². The highest BCUT2D eigenvalue weighted by Crippen LogP contribution is 2.13. The van der Waals surface area contributed by atoms with E-state index in [0.29, 0.717) is 18.9 Å².